The van der Waals surface area contributed by atoms with E-state index >= 15 is 0 Å². The number of hydrogen-bond acceptors (Lipinski definition) is 5. The Morgan fingerprint density at radius 1 is 0.871 bits per heavy atom. The predicted octanol–water partition coefficient (Wildman–Crippen LogP) is 3.13. The van der Waals surface area contributed by atoms with Crippen LogP contribution in [0, 0.1) is 0 Å². The molecular formula is C14H9F9N4O4. The van der Waals surface area contributed by atoms with Crippen LogP contribution < -0.4 is 5.73 Å². The minimum atomic E-state index is -6.26. The molecule has 0 radical (unpaired) electrons. The standard InChI is InChI=1S/C12H8F6N4O2.C2HF3O2/c13-10(14,12(17,18)11(15,16)9(23)24)8-20-7(21-22-8)5-1-3-6(19)4-2-5;3-2(4,5)1(6)7/h1-4H,19H2,(H,23,24)(H,20,21,22);(H,6,7). The molecule has 0 fully saturated rings. The molecule has 8 nitrogen and oxygen atoms in total. The number of halogens is 9. The molecule has 0 unspecified atom stereocenters. The van der Waals surface area contributed by atoms with Crippen LogP contribution in [0.4, 0.5) is 45.2 Å². The summed E-state index contributed by atoms with van der Waals surface area (Å²) in [6, 6.07) is 5.29. The zero-order valence-corrected chi connectivity index (χ0v) is 14.4. The predicted molar refractivity (Wildman–Crippen MR) is 81.3 cm³/mol. The van der Waals surface area contributed by atoms with Gasteiger partial charge in [-0.1, -0.05) is 0 Å². The van der Waals surface area contributed by atoms with Crippen molar-refractivity contribution in [3.8, 4) is 11.4 Å². The maximum atomic E-state index is 13.7. The van der Waals surface area contributed by atoms with Crippen LogP contribution in [0.5, 0.6) is 0 Å². The number of aromatic amines is 1. The number of aliphatic carboxylic acids is 2. The minimum absolute atomic E-state index is 0.118. The number of carboxylic acid groups (broad SMARTS) is 2. The lowest BCUT2D eigenvalue weighted by atomic mass is 10.0. The lowest BCUT2D eigenvalue weighted by molar-refractivity contribution is -0.311. The Morgan fingerprint density at radius 2 is 1.32 bits per heavy atom. The van der Waals surface area contributed by atoms with Gasteiger partial charge < -0.3 is 15.9 Å². The highest BCUT2D eigenvalue weighted by atomic mass is 19.4. The first kappa shape index (κ1) is 25.5. The molecule has 0 aliphatic carbocycles. The van der Waals surface area contributed by atoms with Gasteiger partial charge in [0.25, 0.3) is 0 Å². The summed E-state index contributed by atoms with van der Waals surface area (Å²) in [4.78, 5) is 22.1. The molecule has 0 aliphatic rings. The Morgan fingerprint density at radius 3 is 1.71 bits per heavy atom. The number of nitrogen functional groups attached to an aromatic ring is 1. The smallest absolute Gasteiger partial charge is 0.477 e. The third-order valence-electron chi connectivity index (χ3n) is 3.25. The van der Waals surface area contributed by atoms with E-state index in [1.54, 1.807) is 0 Å². The molecular weight excluding hydrogens is 459 g/mol. The number of rotatable bonds is 5. The highest BCUT2D eigenvalue weighted by Gasteiger charge is 2.77. The molecule has 1 aromatic heterocycles. The van der Waals surface area contributed by atoms with Crippen LogP contribution in [0.25, 0.3) is 11.4 Å². The SMILES string of the molecule is Nc1ccc(-c2nc(C(F)(F)C(F)(F)C(F)(F)C(=O)O)n[nH]2)cc1.O=C(O)C(F)(F)F. The topological polar surface area (TPSA) is 142 Å². The second kappa shape index (κ2) is 8.31. The van der Waals surface area contributed by atoms with E-state index in [9.17, 15) is 44.3 Å². The van der Waals surface area contributed by atoms with Crippen molar-refractivity contribution in [2.45, 2.75) is 23.9 Å². The average molecular weight is 468 g/mol. The van der Waals surface area contributed by atoms with Gasteiger partial charge in [0.2, 0.25) is 5.82 Å². The Kier molecular flexibility index (Phi) is 6.83. The van der Waals surface area contributed by atoms with Crippen molar-refractivity contribution in [2.24, 2.45) is 0 Å². The molecule has 0 saturated carbocycles. The van der Waals surface area contributed by atoms with Gasteiger partial charge in [-0.3, -0.25) is 5.10 Å². The first-order chi connectivity index (χ1) is 13.9. The van der Waals surface area contributed by atoms with Crippen molar-refractivity contribution in [3.05, 3.63) is 30.1 Å². The number of alkyl halides is 9. The molecule has 0 atom stereocenters. The number of anilines is 1. The molecule has 17 heteroatoms. The molecule has 172 valence electrons. The van der Waals surface area contributed by atoms with E-state index in [0.717, 1.165) is 0 Å². The lowest BCUT2D eigenvalue weighted by Gasteiger charge is -2.28. The molecule has 0 bridgehead atoms. The third-order valence-corrected chi connectivity index (χ3v) is 3.25. The van der Waals surface area contributed by atoms with E-state index in [1.165, 1.54) is 24.3 Å². The Balaban J connectivity index is 0.000000592. The summed E-state index contributed by atoms with van der Waals surface area (Å²) in [7, 11) is 0. The highest BCUT2D eigenvalue weighted by molar-refractivity contribution is 5.77. The van der Waals surface area contributed by atoms with E-state index in [0.29, 0.717) is 5.69 Å². The summed E-state index contributed by atoms with van der Waals surface area (Å²) in [5, 5.41) is 19.9. The molecule has 2 aromatic rings. The number of nitrogens with two attached hydrogens (primary N) is 1. The number of carbonyl (C=O) groups is 2. The fraction of sp³-hybridized carbons (Fsp3) is 0.286. The summed E-state index contributed by atoms with van der Waals surface area (Å²) in [6.45, 7) is 0. The largest absolute Gasteiger partial charge is 0.490 e. The summed E-state index contributed by atoms with van der Waals surface area (Å²) in [5.74, 6) is -26.5. The van der Waals surface area contributed by atoms with E-state index in [-0.39, 0.29) is 5.56 Å². The molecule has 1 heterocycles. The summed E-state index contributed by atoms with van der Waals surface area (Å²) < 4.78 is 112. The molecule has 31 heavy (non-hydrogen) atoms. The number of hydrogen-bond donors (Lipinski definition) is 4. The molecule has 0 amide bonds. The van der Waals surface area contributed by atoms with Gasteiger partial charge in [0.15, 0.2) is 5.82 Å². The van der Waals surface area contributed by atoms with Gasteiger partial charge in [0, 0.05) is 11.3 Å². The number of nitrogens with zero attached hydrogens (tertiary/aromatic N) is 2. The zero-order valence-electron chi connectivity index (χ0n) is 14.4. The van der Waals surface area contributed by atoms with Gasteiger partial charge in [0.1, 0.15) is 0 Å². The maximum absolute atomic E-state index is 13.7. The number of carboxylic acids is 2. The first-order valence-corrected chi connectivity index (χ1v) is 7.31. The molecule has 0 aliphatic heterocycles. The van der Waals surface area contributed by atoms with Crippen molar-refractivity contribution in [3.63, 3.8) is 0 Å². The monoisotopic (exact) mass is 468 g/mol. The van der Waals surface area contributed by atoms with Crippen LogP contribution in [0.2, 0.25) is 0 Å². The fourth-order valence-corrected chi connectivity index (χ4v) is 1.64. The Hall–Kier alpha value is -3.53. The van der Waals surface area contributed by atoms with Crippen molar-refractivity contribution in [1.29, 1.82) is 0 Å². The Labute approximate surface area is 164 Å². The molecule has 0 spiro atoms. The van der Waals surface area contributed by atoms with Crippen LogP contribution in [-0.4, -0.2) is 55.4 Å². The van der Waals surface area contributed by atoms with Crippen LogP contribution in [0.15, 0.2) is 24.3 Å². The van der Waals surface area contributed by atoms with Gasteiger partial charge in [0.05, 0.1) is 0 Å². The second-order valence-electron chi connectivity index (χ2n) is 5.46. The molecule has 0 saturated heterocycles. The van der Waals surface area contributed by atoms with Crippen molar-refractivity contribution in [2.75, 3.05) is 5.73 Å². The summed E-state index contributed by atoms with van der Waals surface area (Å²) in [5.41, 5.74) is 5.84. The van der Waals surface area contributed by atoms with Gasteiger partial charge in [-0.25, -0.2) is 14.6 Å². The van der Waals surface area contributed by atoms with E-state index in [4.69, 9.17) is 20.7 Å². The maximum Gasteiger partial charge on any atom is 0.490 e. The summed E-state index contributed by atoms with van der Waals surface area (Å²) >= 11 is 0. The van der Waals surface area contributed by atoms with Crippen molar-refractivity contribution in [1.82, 2.24) is 15.2 Å². The number of nitrogens with one attached hydrogen (secondary N) is 1. The molecule has 5 N–H and O–H groups in total. The fourth-order valence-electron chi connectivity index (χ4n) is 1.64. The van der Waals surface area contributed by atoms with Crippen LogP contribution in [0.3, 0.4) is 0 Å². The van der Waals surface area contributed by atoms with Crippen molar-refractivity contribution < 1.29 is 59.3 Å². The second-order valence-corrected chi connectivity index (χ2v) is 5.46. The van der Waals surface area contributed by atoms with Gasteiger partial charge in [-0.05, 0) is 24.3 Å². The number of aromatic nitrogens is 3. The zero-order chi connectivity index (χ0) is 24.4. The Bertz CT molecular complexity index is 942. The lowest BCUT2D eigenvalue weighted by Crippen LogP contribution is -2.56. The summed E-state index contributed by atoms with van der Waals surface area (Å²) in [6.07, 6.45) is -5.08. The van der Waals surface area contributed by atoms with Crippen LogP contribution >= 0.6 is 0 Å². The quantitative estimate of drug-likeness (QED) is 0.390. The first-order valence-electron chi connectivity index (χ1n) is 7.31. The van der Waals surface area contributed by atoms with Gasteiger partial charge >= 0.3 is 35.9 Å². The minimum Gasteiger partial charge on any atom is -0.477 e. The van der Waals surface area contributed by atoms with Gasteiger partial charge in [-0.15, -0.1) is 0 Å². The number of benzene rings is 1. The average Bonchev–Trinajstić information content (AvgIpc) is 3.12. The highest BCUT2D eigenvalue weighted by Crippen LogP contribution is 2.50. The van der Waals surface area contributed by atoms with Crippen LogP contribution in [0.1, 0.15) is 5.82 Å². The van der Waals surface area contributed by atoms with Crippen molar-refractivity contribution >= 4 is 17.6 Å². The van der Waals surface area contributed by atoms with E-state index in [1.807, 2.05) is 5.10 Å². The van der Waals surface area contributed by atoms with Crippen LogP contribution in [-0.2, 0) is 15.5 Å². The third kappa shape index (κ3) is 5.15. The number of H-pyrrole nitrogens is 1. The molecule has 1 aromatic carbocycles. The van der Waals surface area contributed by atoms with E-state index in [2.05, 4.69) is 10.1 Å². The normalized spacial score (nSPS) is 12.7. The van der Waals surface area contributed by atoms with Gasteiger partial charge in [-0.2, -0.15) is 44.6 Å². The van der Waals surface area contributed by atoms with E-state index < -0.39 is 47.5 Å². The molecule has 2 rings (SSSR count).